The number of hydrogen-bond acceptors (Lipinski definition) is 5. The number of aromatic carboxylic acids is 1. The van der Waals surface area contributed by atoms with E-state index in [4.69, 9.17) is 5.11 Å². The van der Waals surface area contributed by atoms with Gasteiger partial charge < -0.3 is 5.11 Å². The van der Waals surface area contributed by atoms with Gasteiger partial charge in [0.15, 0.2) is 0 Å². The number of aromatic nitrogens is 2. The van der Waals surface area contributed by atoms with Crippen LogP contribution >= 0.6 is 0 Å². The van der Waals surface area contributed by atoms with Crippen LogP contribution in [0.15, 0.2) is 40.2 Å². The molecule has 0 saturated heterocycles. The van der Waals surface area contributed by atoms with Crippen molar-refractivity contribution in [2.45, 2.75) is 13.3 Å². The third-order valence-electron chi connectivity index (χ3n) is 2.70. The molecule has 21 heavy (non-hydrogen) atoms. The Hall–Kier alpha value is -2.96. The lowest BCUT2D eigenvalue weighted by molar-refractivity contribution is 0.0697. The average molecular weight is 286 g/mol. The molecule has 0 unspecified atom stereocenters. The van der Waals surface area contributed by atoms with E-state index in [0.29, 0.717) is 12.1 Å². The van der Waals surface area contributed by atoms with E-state index in [-0.39, 0.29) is 17.1 Å². The van der Waals surface area contributed by atoms with Gasteiger partial charge in [-0.1, -0.05) is 19.1 Å². The molecule has 108 valence electrons. The Morgan fingerprint density at radius 3 is 2.76 bits per heavy atom. The van der Waals surface area contributed by atoms with Crippen LogP contribution in [0.25, 0.3) is 0 Å². The summed E-state index contributed by atoms with van der Waals surface area (Å²) in [6.45, 7) is 1.90. The molecule has 0 spiro atoms. The van der Waals surface area contributed by atoms with Crippen molar-refractivity contribution in [1.29, 1.82) is 0 Å². The first-order valence-corrected chi connectivity index (χ1v) is 6.31. The predicted molar refractivity (Wildman–Crippen MR) is 78.9 cm³/mol. The Balaban J connectivity index is 2.06. The maximum atomic E-state index is 11.4. The fraction of sp³-hybridized carbons (Fsp3) is 0.143. The van der Waals surface area contributed by atoms with Crippen molar-refractivity contribution in [1.82, 2.24) is 9.97 Å². The Bertz CT molecular complexity index is 720. The number of carbonyl (C=O) groups is 1. The van der Waals surface area contributed by atoms with Gasteiger partial charge >= 0.3 is 5.97 Å². The molecule has 2 aromatic rings. The normalized spacial score (nSPS) is 10.7. The first kappa shape index (κ1) is 14.4. The number of nitrogens with zero attached hydrogens (tertiary/aromatic N) is 2. The minimum absolute atomic E-state index is 0.210. The molecule has 0 amide bonds. The van der Waals surface area contributed by atoms with Crippen molar-refractivity contribution in [2.24, 2.45) is 5.10 Å². The largest absolute Gasteiger partial charge is 0.478 e. The number of benzene rings is 1. The highest BCUT2D eigenvalue weighted by atomic mass is 16.4. The SMILES string of the molecule is CCc1cc(=O)[nH]c(N/N=C\c2ccc(C(=O)O)cc2)n1. The summed E-state index contributed by atoms with van der Waals surface area (Å²) in [6.07, 6.45) is 2.16. The summed E-state index contributed by atoms with van der Waals surface area (Å²) in [5.74, 6) is -0.715. The lowest BCUT2D eigenvalue weighted by Crippen LogP contribution is -2.11. The molecule has 0 radical (unpaired) electrons. The molecule has 0 aliphatic rings. The van der Waals surface area contributed by atoms with Gasteiger partial charge in [-0.2, -0.15) is 5.10 Å². The van der Waals surface area contributed by atoms with E-state index in [0.717, 1.165) is 5.56 Å². The maximum absolute atomic E-state index is 11.4. The first-order valence-electron chi connectivity index (χ1n) is 6.31. The molecule has 0 fully saturated rings. The van der Waals surface area contributed by atoms with Crippen LogP contribution in [-0.2, 0) is 6.42 Å². The summed E-state index contributed by atoms with van der Waals surface area (Å²) >= 11 is 0. The second kappa shape index (κ2) is 6.47. The van der Waals surface area contributed by atoms with Crippen molar-refractivity contribution < 1.29 is 9.90 Å². The zero-order valence-electron chi connectivity index (χ0n) is 11.3. The van der Waals surface area contributed by atoms with Crippen LogP contribution in [-0.4, -0.2) is 27.3 Å². The molecular formula is C14H14N4O3. The summed E-state index contributed by atoms with van der Waals surface area (Å²) in [7, 11) is 0. The zero-order chi connectivity index (χ0) is 15.2. The summed E-state index contributed by atoms with van der Waals surface area (Å²) in [5.41, 5.74) is 3.99. The summed E-state index contributed by atoms with van der Waals surface area (Å²) in [5, 5.41) is 12.7. The third kappa shape index (κ3) is 4.00. The number of hydrazone groups is 1. The molecule has 1 heterocycles. The molecule has 0 bridgehead atoms. The van der Waals surface area contributed by atoms with E-state index in [1.807, 2.05) is 6.92 Å². The summed E-state index contributed by atoms with van der Waals surface area (Å²) in [4.78, 5) is 28.8. The van der Waals surface area contributed by atoms with Crippen molar-refractivity contribution in [3.05, 3.63) is 57.5 Å². The fourth-order valence-corrected chi connectivity index (χ4v) is 1.62. The number of carboxylic acid groups (broad SMARTS) is 1. The van der Waals surface area contributed by atoms with E-state index >= 15 is 0 Å². The van der Waals surface area contributed by atoms with E-state index in [1.165, 1.54) is 24.4 Å². The fourth-order valence-electron chi connectivity index (χ4n) is 1.62. The van der Waals surface area contributed by atoms with Gasteiger partial charge in [0.25, 0.3) is 5.56 Å². The second-order valence-corrected chi connectivity index (χ2v) is 4.24. The van der Waals surface area contributed by atoms with Crippen molar-refractivity contribution in [2.75, 3.05) is 5.43 Å². The second-order valence-electron chi connectivity index (χ2n) is 4.24. The number of nitrogens with one attached hydrogen (secondary N) is 2. The average Bonchev–Trinajstić information content (AvgIpc) is 2.47. The Morgan fingerprint density at radius 1 is 1.43 bits per heavy atom. The van der Waals surface area contributed by atoms with Crippen LogP contribution in [0.4, 0.5) is 5.95 Å². The molecule has 3 N–H and O–H groups in total. The van der Waals surface area contributed by atoms with Gasteiger partial charge in [0.05, 0.1) is 11.8 Å². The monoisotopic (exact) mass is 286 g/mol. The molecule has 0 aliphatic carbocycles. The van der Waals surface area contributed by atoms with Crippen LogP contribution in [0.1, 0.15) is 28.5 Å². The van der Waals surface area contributed by atoms with E-state index < -0.39 is 5.97 Å². The standard InChI is InChI=1S/C14H14N4O3/c1-2-11-7-12(19)17-14(16-11)18-15-8-9-3-5-10(6-4-9)13(20)21/h3-8H,2H2,1H3,(H,20,21)(H2,16,17,18,19)/b15-8-. The summed E-state index contributed by atoms with van der Waals surface area (Å²) < 4.78 is 0. The molecular weight excluding hydrogens is 272 g/mol. The van der Waals surface area contributed by atoms with Crippen molar-refractivity contribution >= 4 is 18.1 Å². The minimum atomic E-state index is -0.977. The number of rotatable bonds is 5. The number of aromatic amines is 1. The smallest absolute Gasteiger partial charge is 0.335 e. The number of H-pyrrole nitrogens is 1. The minimum Gasteiger partial charge on any atom is -0.478 e. The molecule has 0 aliphatic heterocycles. The highest BCUT2D eigenvalue weighted by molar-refractivity contribution is 5.89. The predicted octanol–water partition coefficient (Wildman–Crippen LogP) is 1.48. The molecule has 1 aromatic heterocycles. The molecule has 7 nitrogen and oxygen atoms in total. The molecule has 0 atom stereocenters. The van der Waals surface area contributed by atoms with Gasteiger partial charge in [-0.25, -0.2) is 15.2 Å². The Kier molecular flexibility index (Phi) is 4.45. The number of hydrogen-bond donors (Lipinski definition) is 3. The Labute approximate surface area is 120 Å². The van der Waals surface area contributed by atoms with Crippen LogP contribution in [0.5, 0.6) is 0 Å². The maximum Gasteiger partial charge on any atom is 0.335 e. The van der Waals surface area contributed by atoms with Gasteiger partial charge in [0.1, 0.15) is 0 Å². The van der Waals surface area contributed by atoms with Crippen LogP contribution in [0.2, 0.25) is 0 Å². The zero-order valence-corrected chi connectivity index (χ0v) is 11.3. The van der Waals surface area contributed by atoms with Gasteiger partial charge in [-0.3, -0.25) is 9.78 Å². The van der Waals surface area contributed by atoms with Gasteiger partial charge in [-0.15, -0.1) is 0 Å². The van der Waals surface area contributed by atoms with Crippen LogP contribution in [0.3, 0.4) is 0 Å². The van der Waals surface area contributed by atoms with Gasteiger partial charge in [0.2, 0.25) is 5.95 Å². The summed E-state index contributed by atoms with van der Waals surface area (Å²) in [6, 6.07) is 7.67. The topological polar surface area (TPSA) is 107 Å². The van der Waals surface area contributed by atoms with E-state index in [1.54, 1.807) is 12.1 Å². The van der Waals surface area contributed by atoms with Crippen LogP contribution < -0.4 is 11.0 Å². The Morgan fingerprint density at radius 2 is 2.14 bits per heavy atom. The van der Waals surface area contributed by atoms with E-state index in [9.17, 15) is 9.59 Å². The highest BCUT2D eigenvalue weighted by Gasteiger charge is 2.00. The lowest BCUT2D eigenvalue weighted by Gasteiger charge is -2.01. The molecule has 7 heteroatoms. The highest BCUT2D eigenvalue weighted by Crippen LogP contribution is 2.03. The van der Waals surface area contributed by atoms with Gasteiger partial charge in [-0.05, 0) is 24.1 Å². The third-order valence-corrected chi connectivity index (χ3v) is 2.70. The molecule has 0 saturated carbocycles. The number of carboxylic acids is 1. The first-order chi connectivity index (χ1) is 10.1. The van der Waals surface area contributed by atoms with Crippen molar-refractivity contribution in [3.63, 3.8) is 0 Å². The quantitative estimate of drug-likeness (QED) is 0.570. The molecule has 1 aromatic carbocycles. The number of aryl methyl sites for hydroxylation is 1. The van der Waals surface area contributed by atoms with Crippen LogP contribution in [0, 0.1) is 0 Å². The van der Waals surface area contributed by atoms with Crippen molar-refractivity contribution in [3.8, 4) is 0 Å². The lowest BCUT2D eigenvalue weighted by atomic mass is 10.1. The number of anilines is 1. The van der Waals surface area contributed by atoms with E-state index in [2.05, 4.69) is 20.5 Å². The molecule has 2 rings (SSSR count). The van der Waals surface area contributed by atoms with Gasteiger partial charge in [0, 0.05) is 11.8 Å².